The van der Waals surface area contributed by atoms with E-state index in [9.17, 15) is 5.11 Å². The van der Waals surface area contributed by atoms with E-state index in [0.717, 1.165) is 19.3 Å². The van der Waals surface area contributed by atoms with E-state index in [2.05, 4.69) is 32.9 Å². The van der Waals surface area contributed by atoms with Gasteiger partial charge in [-0.15, -0.1) is 11.6 Å². The number of aliphatic hydroxyl groups excluding tert-OH is 1. The third kappa shape index (κ3) is 3.80. The van der Waals surface area contributed by atoms with Crippen molar-refractivity contribution >= 4 is 11.6 Å². The molecule has 1 nitrogen and oxygen atoms in total. The minimum Gasteiger partial charge on any atom is -0.393 e. The van der Waals surface area contributed by atoms with Gasteiger partial charge in [0.15, 0.2) is 0 Å². The Morgan fingerprint density at radius 2 is 1.75 bits per heavy atom. The molecule has 1 aromatic carbocycles. The summed E-state index contributed by atoms with van der Waals surface area (Å²) in [6, 6.07) is 4.35. The molecule has 1 aromatic rings. The van der Waals surface area contributed by atoms with Gasteiger partial charge >= 0.3 is 0 Å². The van der Waals surface area contributed by atoms with Crippen molar-refractivity contribution in [3.05, 3.63) is 34.4 Å². The molecule has 0 saturated heterocycles. The van der Waals surface area contributed by atoms with E-state index in [1.54, 1.807) is 0 Å². The van der Waals surface area contributed by atoms with Crippen molar-refractivity contribution in [3.63, 3.8) is 0 Å². The van der Waals surface area contributed by atoms with Gasteiger partial charge in [0.25, 0.3) is 0 Å². The number of aryl methyl sites for hydroxylation is 3. The first-order chi connectivity index (χ1) is 7.54. The summed E-state index contributed by atoms with van der Waals surface area (Å²) in [5.41, 5.74) is 5.13. The van der Waals surface area contributed by atoms with Crippen LogP contribution in [-0.4, -0.2) is 17.1 Å². The topological polar surface area (TPSA) is 20.2 Å². The zero-order valence-electron chi connectivity index (χ0n) is 10.4. The van der Waals surface area contributed by atoms with E-state index in [0.29, 0.717) is 5.88 Å². The fourth-order valence-corrected chi connectivity index (χ4v) is 2.34. The fourth-order valence-electron chi connectivity index (χ4n) is 2.18. The van der Waals surface area contributed by atoms with Crippen molar-refractivity contribution in [1.82, 2.24) is 0 Å². The lowest BCUT2D eigenvalue weighted by atomic mass is 9.94. The molecule has 0 radical (unpaired) electrons. The lowest BCUT2D eigenvalue weighted by molar-refractivity contribution is 0.164. The number of aliphatic hydroxyl groups is 1. The zero-order chi connectivity index (χ0) is 12.1. The SMILES string of the molecule is Cc1cc(C)c(CC(O)CCCCl)c(C)c1. The van der Waals surface area contributed by atoms with E-state index in [4.69, 9.17) is 11.6 Å². The molecule has 1 N–H and O–H groups in total. The summed E-state index contributed by atoms with van der Waals surface area (Å²) in [6.07, 6.45) is 2.15. The summed E-state index contributed by atoms with van der Waals surface area (Å²) in [4.78, 5) is 0. The molecule has 16 heavy (non-hydrogen) atoms. The first kappa shape index (κ1) is 13.5. The number of benzene rings is 1. The molecule has 0 aliphatic carbocycles. The third-order valence-corrected chi connectivity index (χ3v) is 3.22. The van der Waals surface area contributed by atoms with Gasteiger partial charge < -0.3 is 5.11 Å². The molecule has 0 saturated carbocycles. The van der Waals surface area contributed by atoms with Crippen LogP contribution in [0.4, 0.5) is 0 Å². The van der Waals surface area contributed by atoms with Crippen molar-refractivity contribution in [2.24, 2.45) is 0 Å². The standard InChI is InChI=1S/C14H21ClO/c1-10-7-11(2)14(12(3)8-10)9-13(16)5-4-6-15/h7-8,13,16H,4-6,9H2,1-3H3. The molecule has 0 spiro atoms. The number of alkyl halides is 1. The van der Waals surface area contributed by atoms with Crippen molar-refractivity contribution in [1.29, 1.82) is 0 Å². The summed E-state index contributed by atoms with van der Waals surface area (Å²) in [7, 11) is 0. The summed E-state index contributed by atoms with van der Waals surface area (Å²) in [5.74, 6) is 0.628. The zero-order valence-corrected chi connectivity index (χ0v) is 11.1. The van der Waals surface area contributed by atoms with Gasteiger partial charge in [0.05, 0.1) is 6.10 Å². The Balaban J connectivity index is 2.73. The third-order valence-electron chi connectivity index (χ3n) is 2.95. The van der Waals surface area contributed by atoms with E-state index >= 15 is 0 Å². The lowest BCUT2D eigenvalue weighted by Crippen LogP contribution is -2.12. The molecule has 1 unspecified atom stereocenters. The number of halogens is 1. The molecule has 0 aliphatic heterocycles. The van der Waals surface area contributed by atoms with Gasteiger partial charge in [-0.25, -0.2) is 0 Å². The lowest BCUT2D eigenvalue weighted by Gasteiger charge is -2.15. The summed E-state index contributed by atoms with van der Waals surface area (Å²) >= 11 is 5.62. The predicted octanol–water partition coefficient (Wildman–Crippen LogP) is 3.53. The van der Waals surface area contributed by atoms with Crippen LogP contribution in [0.5, 0.6) is 0 Å². The molecule has 0 heterocycles. The molecule has 2 heteroatoms. The average molecular weight is 241 g/mol. The fraction of sp³-hybridized carbons (Fsp3) is 0.571. The molecule has 0 bridgehead atoms. The Kier molecular flexibility index (Phi) is 5.30. The van der Waals surface area contributed by atoms with Crippen molar-refractivity contribution in [2.75, 3.05) is 5.88 Å². The van der Waals surface area contributed by atoms with Crippen LogP contribution >= 0.6 is 11.6 Å². The maximum atomic E-state index is 9.89. The molecule has 90 valence electrons. The molecule has 0 amide bonds. The summed E-state index contributed by atoms with van der Waals surface area (Å²) < 4.78 is 0. The second-order valence-electron chi connectivity index (χ2n) is 4.57. The Hall–Kier alpha value is -0.530. The number of hydrogen-bond acceptors (Lipinski definition) is 1. The predicted molar refractivity (Wildman–Crippen MR) is 70.3 cm³/mol. The summed E-state index contributed by atoms with van der Waals surface area (Å²) in [6.45, 7) is 6.33. The van der Waals surface area contributed by atoms with E-state index in [-0.39, 0.29) is 6.10 Å². The first-order valence-corrected chi connectivity index (χ1v) is 6.38. The van der Waals surface area contributed by atoms with Crippen LogP contribution in [0.1, 0.15) is 35.1 Å². The monoisotopic (exact) mass is 240 g/mol. The second-order valence-corrected chi connectivity index (χ2v) is 4.94. The van der Waals surface area contributed by atoms with Gasteiger partial charge in [-0.3, -0.25) is 0 Å². The highest BCUT2D eigenvalue weighted by molar-refractivity contribution is 6.17. The molecular weight excluding hydrogens is 220 g/mol. The van der Waals surface area contributed by atoms with Gasteiger partial charge in [-0.05, 0) is 56.7 Å². The van der Waals surface area contributed by atoms with Crippen molar-refractivity contribution in [3.8, 4) is 0 Å². The Labute approximate surface area is 103 Å². The van der Waals surface area contributed by atoms with Crippen LogP contribution in [0.15, 0.2) is 12.1 Å². The van der Waals surface area contributed by atoms with Crippen LogP contribution in [0.2, 0.25) is 0 Å². The minimum absolute atomic E-state index is 0.265. The van der Waals surface area contributed by atoms with Gasteiger partial charge in [0.1, 0.15) is 0 Å². The van der Waals surface area contributed by atoms with Gasteiger partial charge in [-0.2, -0.15) is 0 Å². The van der Waals surface area contributed by atoms with Crippen LogP contribution in [0.3, 0.4) is 0 Å². The van der Waals surface area contributed by atoms with Crippen molar-refractivity contribution in [2.45, 2.75) is 46.1 Å². The maximum Gasteiger partial charge on any atom is 0.0581 e. The van der Waals surface area contributed by atoms with Crippen LogP contribution in [0, 0.1) is 20.8 Å². The van der Waals surface area contributed by atoms with Gasteiger partial charge in [0.2, 0.25) is 0 Å². The summed E-state index contributed by atoms with van der Waals surface area (Å²) in [5, 5.41) is 9.89. The molecule has 1 rings (SSSR count). The van der Waals surface area contributed by atoms with Crippen molar-refractivity contribution < 1.29 is 5.11 Å². The largest absolute Gasteiger partial charge is 0.393 e. The Bertz CT molecular complexity index is 324. The second kappa shape index (κ2) is 6.27. The van der Waals surface area contributed by atoms with Gasteiger partial charge in [0, 0.05) is 5.88 Å². The first-order valence-electron chi connectivity index (χ1n) is 5.85. The highest BCUT2D eigenvalue weighted by Gasteiger charge is 2.10. The highest BCUT2D eigenvalue weighted by atomic mass is 35.5. The Morgan fingerprint density at radius 3 is 2.25 bits per heavy atom. The molecule has 0 fully saturated rings. The molecular formula is C14H21ClO. The van der Waals surface area contributed by atoms with E-state index in [1.807, 2.05) is 0 Å². The van der Waals surface area contributed by atoms with Crippen LogP contribution in [0.25, 0.3) is 0 Å². The average Bonchev–Trinajstić information content (AvgIpc) is 2.20. The van der Waals surface area contributed by atoms with E-state index in [1.165, 1.54) is 22.3 Å². The maximum absolute atomic E-state index is 9.89. The molecule has 0 aromatic heterocycles. The number of rotatable bonds is 5. The van der Waals surface area contributed by atoms with Gasteiger partial charge in [-0.1, -0.05) is 17.7 Å². The van der Waals surface area contributed by atoms with Crippen LogP contribution in [-0.2, 0) is 6.42 Å². The minimum atomic E-state index is -0.265. The quantitative estimate of drug-likeness (QED) is 0.781. The van der Waals surface area contributed by atoms with E-state index < -0.39 is 0 Å². The smallest absolute Gasteiger partial charge is 0.0581 e. The molecule has 1 atom stereocenters. The molecule has 0 aliphatic rings. The Morgan fingerprint density at radius 1 is 1.19 bits per heavy atom. The normalized spacial score (nSPS) is 12.8. The highest BCUT2D eigenvalue weighted by Crippen LogP contribution is 2.19. The number of hydrogen-bond donors (Lipinski definition) is 1. The van der Waals surface area contributed by atoms with Crippen LogP contribution < -0.4 is 0 Å².